The van der Waals surface area contributed by atoms with Crippen molar-refractivity contribution in [3.63, 3.8) is 0 Å². The summed E-state index contributed by atoms with van der Waals surface area (Å²) in [7, 11) is 3.34. The van der Waals surface area contributed by atoms with E-state index in [1.54, 1.807) is 37.0 Å². The molecule has 0 saturated carbocycles. The lowest BCUT2D eigenvalue weighted by Crippen LogP contribution is -2.04. The molecule has 0 saturated heterocycles. The number of para-hydroxylation sites is 1. The molecule has 1 aromatic carbocycles. The Kier molecular flexibility index (Phi) is 3.29. The molecule has 0 fully saturated rings. The normalized spacial score (nSPS) is 10.0. The molecule has 6 heteroatoms. The molecule has 0 aliphatic heterocycles. The van der Waals surface area contributed by atoms with Gasteiger partial charge in [0.25, 0.3) is 0 Å². The van der Waals surface area contributed by atoms with E-state index in [9.17, 15) is 0 Å². The molecule has 1 aromatic heterocycles. The Labute approximate surface area is 111 Å². The minimum absolute atomic E-state index is 0.484. The van der Waals surface area contributed by atoms with Gasteiger partial charge in [0.1, 0.15) is 17.5 Å². The number of hydrogen-bond acceptors (Lipinski definition) is 5. The van der Waals surface area contributed by atoms with Crippen LogP contribution >= 0.6 is 0 Å². The maximum Gasteiger partial charge on any atom is 0.152 e. The van der Waals surface area contributed by atoms with Crippen LogP contribution in [0.1, 0.15) is 11.3 Å². The summed E-state index contributed by atoms with van der Waals surface area (Å²) in [5.41, 5.74) is 8.32. The fourth-order valence-corrected chi connectivity index (χ4v) is 1.86. The highest BCUT2D eigenvalue weighted by Crippen LogP contribution is 2.33. The van der Waals surface area contributed by atoms with Gasteiger partial charge in [-0.25, -0.2) is 0 Å². The van der Waals surface area contributed by atoms with Crippen molar-refractivity contribution >= 4 is 17.2 Å². The number of methoxy groups -OCH3 is 1. The lowest BCUT2D eigenvalue weighted by atomic mass is 10.1. The first-order valence-electron chi connectivity index (χ1n) is 5.71. The molecule has 0 radical (unpaired) electrons. The first kappa shape index (κ1) is 12.8. The van der Waals surface area contributed by atoms with Gasteiger partial charge in [-0.3, -0.25) is 4.68 Å². The second-order valence-corrected chi connectivity index (χ2v) is 4.09. The van der Waals surface area contributed by atoms with Crippen molar-refractivity contribution in [2.75, 3.05) is 18.2 Å². The van der Waals surface area contributed by atoms with Crippen LogP contribution < -0.4 is 15.8 Å². The summed E-state index contributed by atoms with van der Waals surface area (Å²) in [5.74, 6) is 1.22. The molecule has 0 unspecified atom stereocenters. The second kappa shape index (κ2) is 4.90. The molecule has 0 spiro atoms. The number of nitrogens with one attached hydrogen (secondary N) is 1. The van der Waals surface area contributed by atoms with Crippen LogP contribution in [0.25, 0.3) is 0 Å². The summed E-state index contributed by atoms with van der Waals surface area (Å²) < 4.78 is 6.90. The van der Waals surface area contributed by atoms with Gasteiger partial charge in [-0.15, -0.1) is 0 Å². The first-order chi connectivity index (χ1) is 9.08. The number of anilines is 3. The van der Waals surface area contributed by atoms with Gasteiger partial charge in [-0.2, -0.15) is 10.4 Å². The number of nitriles is 1. The number of ether oxygens (including phenoxy) is 1. The predicted molar refractivity (Wildman–Crippen MR) is 73.3 cm³/mol. The van der Waals surface area contributed by atoms with E-state index in [0.29, 0.717) is 28.5 Å². The van der Waals surface area contributed by atoms with Gasteiger partial charge in [-0.05, 0) is 19.1 Å². The number of nitrogens with zero attached hydrogens (tertiary/aromatic N) is 3. The standard InChI is InChI=1S/C13H15N5O/c1-8-11(15)13(18(2)17-8)16-12-9(7-14)5-4-6-10(12)19-3/h4-6,16H,15H2,1-3H3. The third kappa shape index (κ3) is 2.18. The molecule has 98 valence electrons. The number of aryl methyl sites for hydroxylation is 2. The molecule has 6 nitrogen and oxygen atoms in total. The van der Waals surface area contributed by atoms with E-state index in [4.69, 9.17) is 15.7 Å². The lowest BCUT2D eigenvalue weighted by molar-refractivity contribution is 0.416. The van der Waals surface area contributed by atoms with E-state index in [-0.39, 0.29) is 0 Å². The summed E-state index contributed by atoms with van der Waals surface area (Å²) in [4.78, 5) is 0. The lowest BCUT2D eigenvalue weighted by Gasteiger charge is -2.13. The van der Waals surface area contributed by atoms with Gasteiger partial charge < -0.3 is 15.8 Å². The van der Waals surface area contributed by atoms with Gasteiger partial charge in [0.15, 0.2) is 5.82 Å². The molecule has 0 aliphatic carbocycles. The fourth-order valence-electron chi connectivity index (χ4n) is 1.86. The van der Waals surface area contributed by atoms with E-state index in [0.717, 1.165) is 5.69 Å². The van der Waals surface area contributed by atoms with Gasteiger partial charge in [-0.1, -0.05) is 6.07 Å². The highest BCUT2D eigenvalue weighted by molar-refractivity contribution is 5.77. The molecule has 2 rings (SSSR count). The molecule has 0 aliphatic rings. The van der Waals surface area contributed by atoms with Crippen LogP contribution in [0.2, 0.25) is 0 Å². The SMILES string of the molecule is COc1cccc(C#N)c1Nc1c(N)c(C)nn1C. The van der Waals surface area contributed by atoms with Crippen molar-refractivity contribution in [3.05, 3.63) is 29.5 Å². The molecule has 0 amide bonds. The van der Waals surface area contributed by atoms with Crippen molar-refractivity contribution < 1.29 is 4.74 Å². The quantitative estimate of drug-likeness (QED) is 0.877. The maximum atomic E-state index is 9.16. The van der Waals surface area contributed by atoms with E-state index in [1.165, 1.54) is 0 Å². The third-order valence-corrected chi connectivity index (χ3v) is 2.88. The minimum atomic E-state index is 0.484. The van der Waals surface area contributed by atoms with Crippen LogP contribution in [-0.2, 0) is 7.05 Å². The Morgan fingerprint density at radius 1 is 1.47 bits per heavy atom. The largest absolute Gasteiger partial charge is 0.495 e. The Hall–Kier alpha value is -2.68. The molecular formula is C13H15N5O. The number of aromatic nitrogens is 2. The second-order valence-electron chi connectivity index (χ2n) is 4.09. The highest BCUT2D eigenvalue weighted by atomic mass is 16.5. The molecule has 0 bridgehead atoms. The van der Waals surface area contributed by atoms with Gasteiger partial charge in [0, 0.05) is 7.05 Å². The van der Waals surface area contributed by atoms with Gasteiger partial charge in [0.05, 0.1) is 24.1 Å². The highest BCUT2D eigenvalue weighted by Gasteiger charge is 2.15. The van der Waals surface area contributed by atoms with Crippen molar-refractivity contribution in [1.82, 2.24) is 9.78 Å². The number of nitrogens with two attached hydrogens (primary N) is 1. The summed E-state index contributed by atoms with van der Waals surface area (Å²) in [5, 5.41) is 16.5. The van der Waals surface area contributed by atoms with Crippen molar-refractivity contribution in [3.8, 4) is 11.8 Å². The average molecular weight is 257 g/mol. The molecule has 3 N–H and O–H groups in total. The number of benzene rings is 1. The van der Waals surface area contributed by atoms with Crippen molar-refractivity contribution in [2.45, 2.75) is 6.92 Å². The smallest absolute Gasteiger partial charge is 0.152 e. The summed E-state index contributed by atoms with van der Waals surface area (Å²) in [6.45, 7) is 1.83. The Bertz CT molecular complexity index is 654. The topological polar surface area (TPSA) is 88.9 Å². The van der Waals surface area contributed by atoms with Crippen LogP contribution in [0.4, 0.5) is 17.2 Å². The van der Waals surface area contributed by atoms with E-state index in [1.807, 2.05) is 6.92 Å². The molecule has 1 heterocycles. The van der Waals surface area contributed by atoms with Crippen LogP contribution in [0.5, 0.6) is 5.75 Å². The molecule has 0 atom stereocenters. The minimum Gasteiger partial charge on any atom is -0.495 e. The Morgan fingerprint density at radius 2 is 2.21 bits per heavy atom. The molecule has 2 aromatic rings. The zero-order chi connectivity index (χ0) is 14.0. The zero-order valence-corrected chi connectivity index (χ0v) is 11.1. The van der Waals surface area contributed by atoms with E-state index >= 15 is 0 Å². The summed E-state index contributed by atoms with van der Waals surface area (Å²) in [6, 6.07) is 7.38. The maximum absolute atomic E-state index is 9.16. The Balaban J connectivity index is 2.52. The average Bonchev–Trinajstić information content (AvgIpc) is 2.65. The zero-order valence-electron chi connectivity index (χ0n) is 11.1. The van der Waals surface area contributed by atoms with Crippen LogP contribution in [0, 0.1) is 18.3 Å². The van der Waals surface area contributed by atoms with E-state index in [2.05, 4.69) is 16.5 Å². The number of rotatable bonds is 3. The summed E-state index contributed by atoms with van der Waals surface area (Å²) >= 11 is 0. The number of nitrogen functional groups attached to an aromatic ring is 1. The first-order valence-corrected chi connectivity index (χ1v) is 5.71. The number of hydrogen-bond donors (Lipinski definition) is 2. The third-order valence-electron chi connectivity index (χ3n) is 2.88. The molecular weight excluding hydrogens is 242 g/mol. The monoisotopic (exact) mass is 257 g/mol. The molecule has 19 heavy (non-hydrogen) atoms. The van der Waals surface area contributed by atoms with Crippen LogP contribution in [0.15, 0.2) is 18.2 Å². The predicted octanol–water partition coefficient (Wildman–Crippen LogP) is 1.93. The van der Waals surface area contributed by atoms with Crippen molar-refractivity contribution in [1.29, 1.82) is 5.26 Å². The van der Waals surface area contributed by atoms with Gasteiger partial charge >= 0.3 is 0 Å². The fraction of sp³-hybridized carbons (Fsp3) is 0.231. The Morgan fingerprint density at radius 3 is 2.74 bits per heavy atom. The van der Waals surface area contributed by atoms with Crippen LogP contribution in [0.3, 0.4) is 0 Å². The van der Waals surface area contributed by atoms with E-state index < -0.39 is 0 Å². The van der Waals surface area contributed by atoms with Crippen LogP contribution in [-0.4, -0.2) is 16.9 Å². The van der Waals surface area contributed by atoms with Crippen molar-refractivity contribution in [2.24, 2.45) is 7.05 Å². The summed E-state index contributed by atoms with van der Waals surface area (Å²) in [6.07, 6.45) is 0. The van der Waals surface area contributed by atoms with Gasteiger partial charge in [0.2, 0.25) is 0 Å².